The van der Waals surface area contributed by atoms with Gasteiger partial charge in [-0.3, -0.25) is 0 Å². The molecule has 1 unspecified atom stereocenters. The standard InChI is InChI=1S/C12H12N2O4S/c15-19(16)18-13-14(11-7-3-1-4-8-11)17-12-9-5-2-6-10-12/h1-10,13H,(H,15,16)/p-1. The van der Waals surface area contributed by atoms with Crippen LogP contribution >= 0.6 is 0 Å². The molecule has 0 bridgehead atoms. The molecule has 1 atom stereocenters. The number of hydrogen-bond acceptors (Lipinski definition) is 6. The molecule has 0 fully saturated rings. The minimum absolute atomic E-state index is 0.527. The van der Waals surface area contributed by atoms with Crippen LogP contribution in [0.25, 0.3) is 0 Å². The van der Waals surface area contributed by atoms with Gasteiger partial charge in [-0.1, -0.05) is 42.0 Å². The van der Waals surface area contributed by atoms with Gasteiger partial charge in [-0.05, 0) is 24.3 Å². The highest BCUT2D eigenvalue weighted by molar-refractivity contribution is 7.74. The van der Waals surface area contributed by atoms with Gasteiger partial charge in [-0.2, -0.15) is 4.28 Å². The molecule has 0 aliphatic heterocycles. The molecule has 7 heteroatoms. The first kappa shape index (κ1) is 13.5. The van der Waals surface area contributed by atoms with Crippen LogP contribution in [0, 0.1) is 0 Å². The Kier molecular flexibility index (Phi) is 4.87. The second-order valence-corrected chi connectivity index (χ2v) is 3.99. The smallest absolute Gasteiger partial charge is 0.157 e. The van der Waals surface area contributed by atoms with E-state index in [1.165, 1.54) is 0 Å². The summed E-state index contributed by atoms with van der Waals surface area (Å²) in [5.74, 6) is 0.527. The van der Waals surface area contributed by atoms with E-state index >= 15 is 0 Å². The Morgan fingerprint density at radius 3 is 2.16 bits per heavy atom. The highest BCUT2D eigenvalue weighted by Gasteiger charge is 2.08. The van der Waals surface area contributed by atoms with E-state index in [9.17, 15) is 8.76 Å². The zero-order valence-electron chi connectivity index (χ0n) is 9.76. The lowest BCUT2D eigenvalue weighted by atomic mass is 10.3. The van der Waals surface area contributed by atoms with Crippen LogP contribution < -0.4 is 15.6 Å². The SMILES string of the molecule is O=S([O-])ONN(Oc1ccccc1)c1ccccc1. The first-order valence-corrected chi connectivity index (χ1v) is 6.36. The molecule has 0 aromatic heterocycles. The molecule has 0 saturated carbocycles. The molecule has 0 aliphatic carbocycles. The van der Waals surface area contributed by atoms with Crippen LogP contribution in [0.4, 0.5) is 5.69 Å². The first-order valence-electron chi connectivity index (χ1n) is 5.36. The Labute approximate surface area is 112 Å². The van der Waals surface area contributed by atoms with Crippen molar-refractivity contribution in [3.8, 4) is 5.75 Å². The molecule has 0 spiro atoms. The Hall–Kier alpha value is -1.93. The molecular weight excluding hydrogens is 268 g/mol. The molecule has 0 radical (unpaired) electrons. The lowest BCUT2D eigenvalue weighted by molar-refractivity contribution is 0.0876. The third-order valence-corrected chi connectivity index (χ3v) is 2.33. The van der Waals surface area contributed by atoms with Gasteiger partial charge in [-0.25, -0.2) is 4.21 Å². The van der Waals surface area contributed by atoms with Crippen molar-refractivity contribution in [2.24, 2.45) is 0 Å². The van der Waals surface area contributed by atoms with Crippen molar-refractivity contribution in [2.75, 3.05) is 5.17 Å². The minimum Gasteiger partial charge on any atom is -0.748 e. The van der Waals surface area contributed by atoms with Crippen LogP contribution in [0.15, 0.2) is 60.7 Å². The quantitative estimate of drug-likeness (QED) is 0.641. The highest BCUT2D eigenvalue weighted by Crippen LogP contribution is 2.16. The summed E-state index contributed by atoms with van der Waals surface area (Å²) in [4.78, 5) is 5.47. The van der Waals surface area contributed by atoms with Gasteiger partial charge in [0.25, 0.3) is 0 Å². The summed E-state index contributed by atoms with van der Waals surface area (Å²) in [6.45, 7) is 0. The number of nitrogens with one attached hydrogen (secondary N) is 1. The van der Waals surface area contributed by atoms with Crippen LogP contribution in [0.3, 0.4) is 0 Å². The Morgan fingerprint density at radius 2 is 1.58 bits per heavy atom. The largest absolute Gasteiger partial charge is 0.748 e. The Bertz CT molecular complexity index is 524. The lowest BCUT2D eigenvalue weighted by Crippen LogP contribution is -2.41. The van der Waals surface area contributed by atoms with Crippen molar-refractivity contribution in [1.29, 1.82) is 0 Å². The predicted octanol–water partition coefficient (Wildman–Crippen LogP) is 1.72. The van der Waals surface area contributed by atoms with Crippen molar-refractivity contribution >= 4 is 17.0 Å². The predicted molar refractivity (Wildman–Crippen MR) is 69.1 cm³/mol. The van der Waals surface area contributed by atoms with Gasteiger partial charge in [0, 0.05) is 0 Å². The molecule has 1 N–H and O–H groups in total. The van der Waals surface area contributed by atoms with Crippen LogP contribution in [0.2, 0.25) is 0 Å². The molecule has 2 aromatic rings. The maximum Gasteiger partial charge on any atom is 0.157 e. The number of rotatable bonds is 6. The van der Waals surface area contributed by atoms with Gasteiger partial charge in [-0.15, -0.1) is 5.17 Å². The fraction of sp³-hybridized carbons (Fsp3) is 0. The van der Waals surface area contributed by atoms with Crippen LogP contribution in [-0.2, 0) is 15.6 Å². The highest BCUT2D eigenvalue weighted by atomic mass is 32.2. The van der Waals surface area contributed by atoms with E-state index in [1.54, 1.807) is 48.5 Å². The van der Waals surface area contributed by atoms with Gasteiger partial charge >= 0.3 is 0 Å². The Balaban J connectivity index is 2.12. The van der Waals surface area contributed by atoms with E-state index in [-0.39, 0.29) is 0 Å². The van der Waals surface area contributed by atoms with Gasteiger partial charge in [0.05, 0.1) is 5.69 Å². The third kappa shape index (κ3) is 4.34. The number of nitrogens with zero attached hydrogens (tertiary/aromatic N) is 1. The van der Waals surface area contributed by atoms with E-state index < -0.39 is 11.4 Å². The summed E-state index contributed by atoms with van der Waals surface area (Å²) in [6.07, 6.45) is 0. The summed E-state index contributed by atoms with van der Waals surface area (Å²) in [5.41, 5.74) is 2.76. The molecule has 0 heterocycles. The average Bonchev–Trinajstić information content (AvgIpc) is 2.45. The summed E-state index contributed by atoms with van der Waals surface area (Å²) in [7, 11) is 0. The van der Waals surface area contributed by atoms with E-state index in [0.29, 0.717) is 11.4 Å². The monoisotopic (exact) mass is 279 g/mol. The van der Waals surface area contributed by atoms with Crippen molar-refractivity contribution in [2.45, 2.75) is 0 Å². The van der Waals surface area contributed by atoms with Gasteiger partial charge < -0.3 is 9.39 Å². The number of hydrazine groups is 1. The fourth-order valence-electron chi connectivity index (χ4n) is 1.34. The minimum atomic E-state index is -2.70. The van der Waals surface area contributed by atoms with Crippen LogP contribution in [0.5, 0.6) is 5.75 Å². The molecule has 6 nitrogen and oxygen atoms in total. The summed E-state index contributed by atoms with van der Waals surface area (Å²) >= 11 is -2.70. The molecule has 2 rings (SSSR count). The lowest BCUT2D eigenvalue weighted by Gasteiger charge is -2.23. The van der Waals surface area contributed by atoms with Gasteiger partial charge in [0.15, 0.2) is 5.75 Å². The second kappa shape index (κ2) is 6.86. The Morgan fingerprint density at radius 1 is 1.00 bits per heavy atom. The zero-order valence-corrected chi connectivity index (χ0v) is 10.6. The second-order valence-electron chi connectivity index (χ2n) is 3.41. The van der Waals surface area contributed by atoms with E-state index in [2.05, 4.69) is 9.87 Å². The number of hydrogen-bond donors (Lipinski definition) is 1. The third-order valence-electron chi connectivity index (χ3n) is 2.12. The zero-order chi connectivity index (χ0) is 13.5. The van der Waals surface area contributed by atoms with Crippen molar-refractivity contribution < 1.29 is 17.9 Å². The summed E-state index contributed by atoms with van der Waals surface area (Å²) in [6, 6.07) is 17.8. The van der Waals surface area contributed by atoms with Gasteiger partial charge in [0.2, 0.25) is 0 Å². The maximum atomic E-state index is 10.4. The van der Waals surface area contributed by atoms with Crippen molar-refractivity contribution in [1.82, 2.24) is 5.59 Å². The van der Waals surface area contributed by atoms with E-state index in [4.69, 9.17) is 4.84 Å². The molecule has 0 saturated heterocycles. The number of para-hydroxylation sites is 2. The summed E-state index contributed by atoms with van der Waals surface area (Å²) < 4.78 is 25.1. The molecule has 2 aromatic carbocycles. The molecule has 0 amide bonds. The maximum absolute atomic E-state index is 10.4. The molecule has 0 aliphatic rings. The molecule has 19 heavy (non-hydrogen) atoms. The fourth-order valence-corrected chi connectivity index (χ4v) is 1.47. The normalized spacial score (nSPS) is 11.8. The topological polar surface area (TPSA) is 73.9 Å². The van der Waals surface area contributed by atoms with Crippen molar-refractivity contribution in [3.63, 3.8) is 0 Å². The van der Waals surface area contributed by atoms with E-state index in [0.717, 1.165) is 5.17 Å². The number of anilines is 1. The summed E-state index contributed by atoms with van der Waals surface area (Å²) in [5, 5.41) is 1.10. The van der Waals surface area contributed by atoms with Gasteiger partial charge in [0.1, 0.15) is 11.4 Å². The molecule has 100 valence electrons. The number of benzene rings is 2. The molecular formula is C12H11N2O4S-. The van der Waals surface area contributed by atoms with E-state index in [1.807, 2.05) is 12.1 Å². The van der Waals surface area contributed by atoms with Crippen LogP contribution in [-0.4, -0.2) is 8.76 Å². The van der Waals surface area contributed by atoms with Crippen LogP contribution in [0.1, 0.15) is 0 Å². The first-order chi connectivity index (χ1) is 9.25. The average molecular weight is 279 g/mol. The van der Waals surface area contributed by atoms with Crippen molar-refractivity contribution in [3.05, 3.63) is 60.7 Å².